The third kappa shape index (κ3) is 3.91. The molecule has 3 aromatic rings. The van der Waals surface area contributed by atoms with Gasteiger partial charge in [-0.3, -0.25) is 0 Å². The van der Waals surface area contributed by atoms with Crippen molar-refractivity contribution >= 4 is 9.84 Å². The van der Waals surface area contributed by atoms with E-state index in [-0.39, 0.29) is 16.8 Å². The quantitative estimate of drug-likeness (QED) is 0.601. The normalized spacial score (nSPS) is 12.1. The number of sulfone groups is 1. The number of alkyl halides is 3. The molecule has 11 heteroatoms. The first-order valence-corrected chi connectivity index (χ1v) is 10.1. The summed E-state index contributed by atoms with van der Waals surface area (Å²) >= 11 is 0. The second kappa shape index (κ2) is 7.21. The van der Waals surface area contributed by atoms with Gasteiger partial charge in [-0.2, -0.15) is 18.4 Å². The van der Waals surface area contributed by atoms with Crippen molar-refractivity contribution in [1.29, 1.82) is 5.26 Å². The van der Waals surface area contributed by atoms with Gasteiger partial charge in [0.25, 0.3) is 0 Å². The Morgan fingerprint density at radius 1 is 1.10 bits per heavy atom. The van der Waals surface area contributed by atoms with Gasteiger partial charge in [0.1, 0.15) is 16.5 Å². The Morgan fingerprint density at radius 3 is 2.30 bits per heavy atom. The number of H-pyrrole nitrogens is 1. The molecule has 3 rings (SSSR count). The fourth-order valence-corrected chi connectivity index (χ4v) is 3.58. The molecule has 0 saturated carbocycles. The number of rotatable bonds is 3. The molecule has 2 aromatic carbocycles. The van der Waals surface area contributed by atoms with Gasteiger partial charge < -0.3 is 4.98 Å². The van der Waals surface area contributed by atoms with Gasteiger partial charge in [0.15, 0.2) is 9.84 Å². The molecular weight excluding hydrogens is 429 g/mol. The highest BCUT2D eigenvalue weighted by atomic mass is 32.2. The highest BCUT2D eigenvalue weighted by molar-refractivity contribution is 7.90. The number of aromatic amines is 1. The van der Waals surface area contributed by atoms with Gasteiger partial charge in [-0.25, -0.2) is 22.2 Å². The van der Waals surface area contributed by atoms with E-state index in [1.165, 1.54) is 18.2 Å². The van der Waals surface area contributed by atoms with Crippen LogP contribution in [0.5, 0.6) is 0 Å². The van der Waals surface area contributed by atoms with Crippen molar-refractivity contribution in [3.63, 3.8) is 0 Å². The number of aromatic nitrogens is 2. The monoisotopic (exact) mass is 441 g/mol. The van der Waals surface area contributed by atoms with Gasteiger partial charge >= 0.3 is 6.18 Å². The summed E-state index contributed by atoms with van der Waals surface area (Å²) in [5.74, 6) is -4.03. The van der Waals surface area contributed by atoms with E-state index in [2.05, 4.69) is 9.97 Å². The van der Waals surface area contributed by atoms with Gasteiger partial charge in [0, 0.05) is 17.4 Å². The molecule has 0 bridgehead atoms. The van der Waals surface area contributed by atoms with E-state index in [4.69, 9.17) is 5.26 Å². The zero-order valence-electron chi connectivity index (χ0n) is 15.4. The molecule has 1 N–H and O–H groups in total. The van der Waals surface area contributed by atoms with Gasteiger partial charge in [-0.15, -0.1) is 0 Å². The summed E-state index contributed by atoms with van der Waals surface area (Å²) in [5, 5.41) is 9.02. The predicted octanol–water partition coefficient (Wildman–Crippen LogP) is 4.62. The number of benzene rings is 2. The van der Waals surface area contributed by atoms with Gasteiger partial charge in [0.2, 0.25) is 5.82 Å². The van der Waals surface area contributed by atoms with Gasteiger partial charge in [0.05, 0.1) is 23.0 Å². The predicted molar refractivity (Wildman–Crippen MR) is 96.9 cm³/mol. The Hall–Kier alpha value is -3.26. The van der Waals surface area contributed by atoms with Crippen molar-refractivity contribution in [2.45, 2.75) is 18.0 Å². The van der Waals surface area contributed by atoms with Crippen molar-refractivity contribution < 1.29 is 30.4 Å². The molecule has 0 saturated heterocycles. The second-order valence-electron chi connectivity index (χ2n) is 6.48. The van der Waals surface area contributed by atoms with Crippen LogP contribution in [0.2, 0.25) is 0 Å². The van der Waals surface area contributed by atoms with Crippen LogP contribution in [-0.2, 0) is 16.0 Å². The lowest BCUT2D eigenvalue weighted by molar-refractivity contribution is -0.144. The van der Waals surface area contributed by atoms with Crippen LogP contribution in [0.15, 0.2) is 35.2 Å². The lowest BCUT2D eigenvalue weighted by Crippen LogP contribution is -2.07. The highest BCUT2D eigenvalue weighted by Crippen LogP contribution is 2.38. The number of hydrogen-bond donors (Lipinski definition) is 1. The molecule has 0 aliphatic carbocycles. The Balaban J connectivity index is 2.30. The number of nitriles is 1. The van der Waals surface area contributed by atoms with Crippen molar-refractivity contribution in [3.8, 4) is 28.6 Å². The zero-order valence-corrected chi connectivity index (χ0v) is 16.2. The smallest absolute Gasteiger partial charge is 0.334 e. The van der Waals surface area contributed by atoms with Crippen molar-refractivity contribution in [1.82, 2.24) is 9.97 Å². The first kappa shape index (κ1) is 21.4. The summed E-state index contributed by atoms with van der Waals surface area (Å²) in [5.41, 5.74) is -0.586. The Morgan fingerprint density at radius 2 is 1.77 bits per heavy atom. The SMILES string of the molecule is Cc1cc(-c2[nH]c(C(F)(F)F)nc2-c2cc(F)c(S(C)(=O)=O)cc2F)ccc1C#N. The lowest BCUT2D eigenvalue weighted by atomic mass is 10.0. The summed E-state index contributed by atoms with van der Waals surface area (Å²) in [6, 6.07) is 6.90. The van der Waals surface area contributed by atoms with Crippen LogP contribution in [0.25, 0.3) is 22.5 Å². The lowest BCUT2D eigenvalue weighted by Gasteiger charge is -2.08. The van der Waals surface area contributed by atoms with E-state index in [1.54, 1.807) is 6.92 Å². The fourth-order valence-electron chi connectivity index (χ4n) is 2.85. The van der Waals surface area contributed by atoms with Crippen LogP contribution >= 0.6 is 0 Å². The van der Waals surface area contributed by atoms with Crippen LogP contribution in [-0.4, -0.2) is 24.6 Å². The molecular formula is C19H12F5N3O2S. The summed E-state index contributed by atoms with van der Waals surface area (Å²) in [4.78, 5) is 4.53. The number of imidazole rings is 1. The maximum atomic E-state index is 14.6. The minimum atomic E-state index is -4.91. The molecule has 5 nitrogen and oxygen atoms in total. The largest absolute Gasteiger partial charge is 0.449 e. The summed E-state index contributed by atoms with van der Waals surface area (Å²) < 4.78 is 91.8. The number of nitrogens with zero attached hydrogens (tertiary/aromatic N) is 2. The average molecular weight is 441 g/mol. The molecule has 156 valence electrons. The summed E-state index contributed by atoms with van der Waals surface area (Å²) in [6.07, 6.45) is -4.23. The van der Waals surface area contributed by atoms with Gasteiger partial charge in [-0.05, 0) is 36.8 Å². The number of halogens is 5. The van der Waals surface area contributed by atoms with Crippen LogP contribution in [0.3, 0.4) is 0 Å². The first-order chi connectivity index (χ1) is 13.8. The van der Waals surface area contributed by atoms with E-state index in [0.29, 0.717) is 24.0 Å². The molecule has 30 heavy (non-hydrogen) atoms. The van der Waals surface area contributed by atoms with E-state index in [1.807, 2.05) is 6.07 Å². The maximum absolute atomic E-state index is 14.6. The van der Waals surface area contributed by atoms with E-state index in [9.17, 15) is 30.4 Å². The summed E-state index contributed by atoms with van der Waals surface area (Å²) in [6.45, 7) is 1.56. The number of hydrogen-bond acceptors (Lipinski definition) is 4. The van der Waals surface area contributed by atoms with Crippen molar-refractivity contribution in [3.05, 3.63) is 58.9 Å². The maximum Gasteiger partial charge on any atom is 0.449 e. The van der Waals surface area contributed by atoms with Gasteiger partial charge in [-0.1, -0.05) is 6.07 Å². The van der Waals surface area contributed by atoms with Crippen molar-refractivity contribution in [2.75, 3.05) is 6.26 Å². The molecule has 1 aromatic heterocycles. The van der Waals surface area contributed by atoms with E-state index in [0.717, 1.165) is 0 Å². The van der Waals surface area contributed by atoms with Crippen LogP contribution in [0.4, 0.5) is 22.0 Å². The third-order valence-electron chi connectivity index (χ3n) is 4.28. The summed E-state index contributed by atoms with van der Waals surface area (Å²) in [7, 11) is -4.10. The Labute approximate surface area is 167 Å². The molecule has 0 unspecified atom stereocenters. The fraction of sp³-hybridized carbons (Fsp3) is 0.158. The Bertz CT molecular complexity index is 1300. The first-order valence-electron chi connectivity index (χ1n) is 8.20. The molecule has 0 atom stereocenters. The molecule has 0 radical (unpaired) electrons. The topological polar surface area (TPSA) is 86.6 Å². The van der Waals surface area contributed by atoms with Crippen LogP contribution in [0.1, 0.15) is 17.0 Å². The number of aryl methyl sites for hydroxylation is 1. The molecule has 0 aliphatic heterocycles. The van der Waals surface area contributed by atoms with Crippen molar-refractivity contribution in [2.24, 2.45) is 0 Å². The minimum Gasteiger partial charge on any atom is -0.334 e. The average Bonchev–Trinajstić information content (AvgIpc) is 3.07. The third-order valence-corrected chi connectivity index (χ3v) is 5.40. The molecule has 0 amide bonds. The highest BCUT2D eigenvalue weighted by Gasteiger charge is 2.36. The van der Waals surface area contributed by atoms with E-state index >= 15 is 0 Å². The molecule has 1 heterocycles. The minimum absolute atomic E-state index is 0.150. The number of nitrogens with one attached hydrogen (secondary N) is 1. The van der Waals surface area contributed by atoms with E-state index < -0.39 is 49.6 Å². The van der Waals surface area contributed by atoms with Crippen LogP contribution in [0, 0.1) is 29.9 Å². The second-order valence-corrected chi connectivity index (χ2v) is 8.47. The van der Waals surface area contributed by atoms with Crippen LogP contribution < -0.4 is 0 Å². The zero-order chi connectivity index (χ0) is 22.4. The molecule has 0 aliphatic rings. The molecule has 0 fully saturated rings. The Kier molecular flexibility index (Phi) is 5.16. The molecule has 0 spiro atoms. The standard InChI is InChI=1S/C19H12F5N3O2S/c1-9-5-10(3-4-11(9)8-25)16-17(27-18(26-16)19(22,23)24)12-6-14(21)15(7-13(12)20)30(2,28)29/h3-7H,1-2H3,(H,26,27).